The minimum atomic E-state index is -0.133. The zero-order chi connectivity index (χ0) is 13.8. The average molecular weight is 255 g/mol. The predicted octanol–water partition coefficient (Wildman–Crippen LogP) is 2.47. The first-order chi connectivity index (χ1) is 8.31. The molecule has 0 spiro atoms. The van der Waals surface area contributed by atoms with Crippen LogP contribution >= 0.6 is 0 Å². The van der Waals surface area contributed by atoms with Crippen molar-refractivity contribution in [2.45, 2.75) is 59.6 Å². The van der Waals surface area contributed by atoms with Crippen molar-refractivity contribution in [2.75, 3.05) is 6.61 Å². The fourth-order valence-corrected chi connectivity index (χ4v) is 1.92. The minimum Gasteiger partial charge on any atom is -0.371 e. The second kappa shape index (κ2) is 6.29. The topological polar surface area (TPSA) is 74.2 Å². The van der Waals surface area contributed by atoms with E-state index in [0.717, 1.165) is 6.42 Å². The van der Waals surface area contributed by atoms with E-state index < -0.39 is 0 Å². The molecule has 104 valence electrons. The van der Waals surface area contributed by atoms with Gasteiger partial charge in [0.05, 0.1) is 0 Å². The lowest BCUT2D eigenvalue weighted by Crippen LogP contribution is -2.28. The smallest absolute Gasteiger partial charge is 0.228 e. The second-order valence-electron chi connectivity index (χ2n) is 5.87. The molecule has 0 fully saturated rings. The van der Waals surface area contributed by atoms with E-state index in [4.69, 9.17) is 15.0 Å². The summed E-state index contributed by atoms with van der Waals surface area (Å²) in [4.78, 5) is 4.32. The Labute approximate surface area is 109 Å². The molecule has 5 heteroatoms. The van der Waals surface area contributed by atoms with E-state index in [1.54, 1.807) is 0 Å². The molecular weight excluding hydrogens is 230 g/mol. The van der Waals surface area contributed by atoms with Gasteiger partial charge in [-0.3, -0.25) is 0 Å². The number of rotatable bonds is 6. The maximum Gasteiger partial charge on any atom is 0.228 e. The monoisotopic (exact) mass is 255 g/mol. The molecule has 18 heavy (non-hydrogen) atoms. The van der Waals surface area contributed by atoms with Gasteiger partial charge in [-0.25, -0.2) is 0 Å². The third-order valence-corrected chi connectivity index (χ3v) is 2.58. The van der Waals surface area contributed by atoms with Gasteiger partial charge in [-0.15, -0.1) is 0 Å². The SMILES string of the molecule is CCOC(C)c1noc(CC(N)CC(C)(C)C)n1. The largest absolute Gasteiger partial charge is 0.371 e. The van der Waals surface area contributed by atoms with Crippen LogP contribution in [0.25, 0.3) is 0 Å². The molecule has 1 aromatic rings. The molecule has 0 bridgehead atoms. The molecule has 0 saturated carbocycles. The Morgan fingerprint density at radius 2 is 2.06 bits per heavy atom. The van der Waals surface area contributed by atoms with E-state index in [2.05, 4.69) is 30.9 Å². The zero-order valence-electron chi connectivity index (χ0n) is 12.1. The number of hydrogen-bond donors (Lipinski definition) is 1. The molecule has 2 atom stereocenters. The van der Waals surface area contributed by atoms with Crippen LogP contribution in [0.15, 0.2) is 4.52 Å². The average Bonchev–Trinajstić information content (AvgIpc) is 2.63. The first-order valence-electron chi connectivity index (χ1n) is 6.51. The fourth-order valence-electron chi connectivity index (χ4n) is 1.92. The summed E-state index contributed by atoms with van der Waals surface area (Å²) >= 11 is 0. The van der Waals surface area contributed by atoms with Gasteiger partial charge in [0.1, 0.15) is 6.10 Å². The Balaban J connectivity index is 2.53. The Bertz CT molecular complexity index is 357. The van der Waals surface area contributed by atoms with Crippen molar-refractivity contribution >= 4 is 0 Å². The van der Waals surface area contributed by atoms with Crippen LogP contribution in [0, 0.1) is 5.41 Å². The van der Waals surface area contributed by atoms with Gasteiger partial charge in [0.15, 0.2) is 5.82 Å². The third kappa shape index (κ3) is 5.14. The second-order valence-corrected chi connectivity index (χ2v) is 5.87. The molecule has 1 rings (SSSR count). The van der Waals surface area contributed by atoms with Crippen molar-refractivity contribution < 1.29 is 9.26 Å². The molecule has 2 unspecified atom stereocenters. The Morgan fingerprint density at radius 1 is 1.39 bits per heavy atom. The van der Waals surface area contributed by atoms with Gasteiger partial charge < -0.3 is 15.0 Å². The summed E-state index contributed by atoms with van der Waals surface area (Å²) in [7, 11) is 0. The molecule has 0 amide bonds. The molecule has 0 aromatic carbocycles. The summed E-state index contributed by atoms with van der Waals surface area (Å²) in [6, 6.07) is 0.0423. The van der Waals surface area contributed by atoms with Gasteiger partial charge >= 0.3 is 0 Å². The molecule has 1 heterocycles. The summed E-state index contributed by atoms with van der Waals surface area (Å²) < 4.78 is 10.6. The standard InChI is InChI=1S/C13H25N3O2/c1-6-17-9(2)12-15-11(18-16-12)7-10(14)8-13(3,4)5/h9-10H,6-8,14H2,1-5H3. The zero-order valence-corrected chi connectivity index (χ0v) is 12.1. The van der Waals surface area contributed by atoms with Crippen LogP contribution in [-0.4, -0.2) is 22.8 Å². The lowest BCUT2D eigenvalue weighted by molar-refractivity contribution is 0.0683. The Morgan fingerprint density at radius 3 is 2.61 bits per heavy atom. The van der Waals surface area contributed by atoms with Crippen LogP contribution in [0.1, 0.15) is 58.9 Å². The fraction of sp³-hybridized carbons (Fsp3) is 0.846. The number of nitrogens with two attached hydrogens (primary N) is 1. The van der Waals surface area contributed by atoms with Crippen molar-refractivity contribution in [1.29, 1.82) is 0 Å². The maximum atomic E-state index is 6.08. The first kappa shape index (κ1) is 15.1. The first-order valence-corrected chi connectivity index (χ1v) is 6.51. The normalized spacial score (nSPS) is 15.7. The van der Waals surface area contributed by atoms with Crippen molar-refractivity contribution in [3.63, 3.8) is 0 Å². The highest BCUT2D eigenvalue weighted by atomic mass is 16.5. The lowest BCUT2D eigenvalue weighted by atomic mass is 9.87. The van der Waals surface area contributed by atoms with Crippen LogP contribution in [0.4, 0.5) is 0 Å². The van der Waals surface area contributed by atoms with Crippen LogP contribution < -0.4 is 5.73 Å². The summed E-state index contributed by atoms with van der Waals surface area (Å²) in [6.07, 6.45) is 1.40. The van der Waals surface area contributed by atoms with Crippen LogP contribution in [0.2, 0.25) is 0 Å². The van der Waals surface area contributed by atoms with E-state index in [1.165, 1.54) is 0 Å². The van der Waals surface area contributed by atoms with E-state index in [1.807, 2.05) is 13.8 Å². The Kier molecular flexibility index (Phi) is 5.28. The highest BCUT2D eigenvalue weighted by Crippen LogP contribution is 2.21. The van der Waals surface area contributed by atoms with Gasteiger partial charge in [-0.1, -0.05) is 25.9 Å². The summed E-state index contributed by atoms with van der Waals surface area (Å²) in [5.74, 6) is 1.18. The van der Waals surface area contributed by atoms with Gasteiger partial charge in [0, 0.05) is 19.1 Å². The highest BCUT2D eigenvalue weighted by molar-refractivity contribution is 4.92. The molecular formula is C13H25N3O2. The summed E-state index contributed by atoms with van der Waals surface area (Å²) in [5.41, 5.74) is 6.29. The van der Waals surface area contributed by atoms with Crippen molar-refractivity contribution in [3.8, 4) is 0 Å². The molecule has 0 aliphatic heterocycles. The highest BCUT2D eigenvalue weighted by Gasteiger charge is 2.19. The lowest BCUT2D eigenvalue weighted by Gasteiger charge is -2.21. The predicted molar refractivity (Wildman–Crippen MR) is 70.1 cm³/mol. The van der Waals surface area contributed by atoms with Crippen LogP contribution in [-0.2, 0) is 11.2 Å². The van der Waals surface area contributed by atoms with E-state index in [0.29, 0.717) is 24.7 Å². The molecule has 0 aliphatic carbocycles. The molecule has 5 nitrogen and oxygen atoms in total. The number of hydrogen-bond acceptors (Lipinski definition) is 5. The van der Waals surface area contributed by atoms with Gasteiger partial charge in [-0.2, -0.15) is 4.98 Å². The number of aromatic nitrogens is 2. The van der Waals surface area contributed by atoms with E-state index >= 15 is 0 Å². The van der Waals surface area contributed by atoms with Crippen LogP contribution in [0.3, 0.4) is 0 Å². The van der Waals surface area contributed by atoms with Gasteiger partial charge in [0.25, 0.3) is 0 Å². The molecule has 2 N–H and O–H groups in total. The molecule has 0 aliphatic rings. The number of nitrogens with zero attached hydrogens (tertiary/aromatic N) is 2. The summed E-state index contributed by atoms with van der Waals surface area (Å²) in [5, 5.41) is 3.92. The van der Waals surface area contributed by atoms with Gasteiger partial charge in [0.2, 0.25) is 5.89 Å². The van der Waals surface area contributed by atoms with Crippen molar-refractivity contribution in [2.24, 2.45) is 11.1 Å². The molecule has 0 radical (unpaired) electrons. The number of ether oxygens (including phenoxy) is 1. The summed E-state index contributed by atoms with van der Waals surface area (Å²) in [6.45, 7) is 11.0. The van der Waals surface area contributed by atoms with E-state index in [9.17, 15) is 0 Å². The quantitative estimate of drug-likeness (QED) is 0.845. The Hall–Kier alpha value is -0.940. The third-order valence-electron chi connectivity index (χ3n) is 2.58. The molecule has 0 saturated heterocycles. The van der Waals surface area contributed by atoms with Crippen molar-refractivity contribution in [3.05, 3.63) is 11.7 Å². The van der Waals surface area contributed by atoms with Crippen LogP contribution in [0.5, 0.6) is 0 Å². The van der Waals surface area contributed by atoms with Crippen molar-refractivity contribution in [1.82, 2.24) is 10.1 Å². The molecule has 1 aromatic heterocycles. The minimum absolute atomic E-state index is 0.0423. The maximum absolute atomic E-state index is 6.08. The van der Waals surface area contributed by atoms with E-state index in [-0.39, 0.29) is 17.6 Å². The van der Waals surface area contributed by atoms with Gasteiger partial charge in [-0.05, 0) is 25.7 Å².